The van der Waals surface area contributed by atoms with Crippen molar-refractivity contribution >= 4 is 0 Å². The van der Waals surface area contributed by atoms with Crippen molar-refractivity contribution in [2.45, 2.75) is 45.3 Å². The fraction of sp³-hybridized carbons (Fsp3) is 0.846. The molecule has 86 valence electrons. The normalized spacial score (nSPS) is 37.1. The van der Waals surface area contributed by atoms with Crippen LogP contribution in [0.1, 0.15) is 33.1 Å². The number of nitrogens with one attached hydrogen (secondary N) is 1. The Morgan fingerprint density at radius 1 is 1.33 bits per heavy atom. The van der Waals surface area contributed by atoms with Crippen LogP contribution in [0.3, 0.4) is 0 Å². The van der Waals surface area contributed by atoms with E-state index >= 15 is 0 Å². The average Bonchev–Trinajstić information content (AvgIpc) is 2.77. The molecule has 1 fully saturated rings. The van der Waals surface area contributed by atoms with Crippen molar-refractivity contribution in [1.82, 2.24) is 5.32 Å². The van der Waals surface area contributed by atoms with Crippen molar-refractivity contribution in [2.24, 2.45) is 17.8 Å². The second-order valence-electron chi connectivity index (χ2n) is 5.32. The highest BCUT2D eigenvalue weighted by atomic mass is 16.3. The first kappa shape index (κ1) is 11.2. The molecule has 0 saturated heterocycles. The highest BCUT2D eigenvalue weighted by molar-refractivity contribution is 5.11. The summed E-state index contributed by atoms with van der Waals surface area (Å²) in [5.41, 5.74) is 0. The van der Waals surface area contributed by atoms with E-state index in [1.165, 1.54) is 12.8 Å². The summed E-state index contributed by atoms with van der Waals surface area (Å²) in [6.45, 7) is 5.09. The predicted molar refractivity (Wildman–Crippen MR) is 62.6 cm³/mol. The monoisotopic (exact) mass is 209 g/mol. The molecule has 2 bridgehead atoms. The Labute approximate surface area is 92.8 Å². The molecule has 5 unspecified atom stereocenters. The molecular weight excluding hydrogens is 186 g/mol. The van der Waals surface area contributed by atoms with Gasteiger partial charge in [-0.2, -0.15) is 0 Å². The van der Waals surface area contributed by atoms with E-state index in [1.54, 1.807) is 0 Å². The molecule has 2 aliphatic rings. The lowest BCUT2D eigenvalue weighted by atomic mass is 9.87. The molecule has 2 N–H and O–H groups in total. The van der Waals surface area contributed by atoms with Gasteiger partial charge in [-0.15, -0.1) is 0 Å². The summed E-state index contributed by atoms with van der Waals surface area (Å²) < 4.78 is 0. The second kappa shape index (κ2) is 4.67. The molecular formula is C13H23NO. The van der Waals surface area contributed by atoms with Crippen molar-refractivity contribution in [2.75, 3.05) is 6.54 Å². The van der Waals surface area contributed by atoms with E-state index in [-0.39, 0.29) is 6.10 Å². The zero-order valence-corrected chi connectivity index (χ0v) is 9.82. The van der Waals surface area contributed by atoms with Crippen LogP contribution in [0.4, 0.5) is 0 Å². The second-order valence-corrected chi connectivity index (χ2v) is 5.32. The summed E-state index contributed by atoms with van der Waals surface area (Å²) in [6.07, 6.45) is 8.23. The van der Waals surface area contributed by atoms with Crippen molar-refractivity contribution in [3.8, 4) is 0 Å². The summed E-state index contributed by atoms with van der Waals surface area (Å²) in [5.74, 6) is 2.51. The molecule has 2 aliphatic carbocycles. The van der Waals surface area contributed by atoms with Crippen LogP contribution in [0, 0.1) is 17.8 Å². The van der Waals surface area contributed by atoms with Gasteiger partial charge >= 0.3 is 0 Å². The number of aliphatic hydroxyl groups is 1. The van der Waals surface area contributed by atoms with Crippen LogP contribution in [0.15, 0.2) is 12.2 Å². The Kier molecular flexibility index (Phi) is 3.47. The number of aliphatic hydroxyl groups excluding tert-OH is 1. The number of rotatable bonds is 5. The van der Waals surface area contributed by atoms with Crippen LogP contribution in [-0.4, -0.2) is 23.8 Å². The molecule has 0 radical (unpaired) electrons. The van der Waals surface area contributed by atoms with Crippen LogP contribution >= 0.6 is 0 Å². The highest BCUT2D eigenvalue weighted by Crippen LogP contribution is 2.44. The Morgan fingerprint density at radius 2 is 2.13 bits per heavy atom. The molecule has 2 rings (SSSR count). The van der Waals surface area contributed by atoms with E-state index in [4.69, 9.17) is 0 Å². The topological polar surface area (TPSA) is 32.3 Å². The van der Waals surface area contributed by atoms with Crippen molar-refractivity contribution < 1.29 is 5.11 Å². The molecule has 5 atom stereocenters. The van der Waals surface area contributed by atoms with Crippen molar-refractivity contribution in [1.29, 1.82) is 0 Å². The van der Waals surface area contributed by atoms with Gasteiger partial charge in [0, 0.05) is 6.04 Å². The fourth-order valence-corrected chi connectivity index (χ4v) is 3.07. The van der Waals surface area contributed by atoms with Crippen molar-refractivity contribution in [3.05, 3.63) is 12.2 Å². The minimum Gasteiger partial charge on any atom is -0.393 e. The first-order valence-corrected chi connectivity index (χ1v) is 6.26. The maximum atomic E-state index is 9.18. The van der Waals surface area contributed by atoms with Crippen LogP contribution in [0.2, 0.25) is 0 Å². The Hall–Kier alpha value is -0.340. The predicted octanol–water partition coefficient (Wildman–Crippen LogP) is 1.95. The van der Waals surface area contributed by atoms with E-state index in [1.807, 2.05) is 6.92 Å². The minimum atomic E-state index is -0.176. The Balaban J connectivity index is 1.72. The Bertz CT molecular complexity index is 237. The molecule has 0 aromatic rings. The average molecular weight is 209 g/mol. The highest BCUT2D eigenvalue weighted by Gasteiger charge is 2.38. The van der Waals surface area contributed by atoms with Crippen LogP contribution in [0.5, 0.6) is 0 Å². The molecule has 0 amide bonds. The lowest BCUT2D eigenvalue weighted by molar-refractivity contribution is 0.179. The molecule has 0 aromatic heterocycles. The molecule has 0 spiro atoms. The smallest absolute Gasteiger partial charge is 0.0524 e. The molecule has 0 aromatic carbocycles. The van der Waals surface area contributed by atoms with Crippen LogP contribution in [0.25, 0.3) is 0 Å². The van der Waals surface area contributed by atoms with Gasteiger partial charge in [0.2, 0.25) is 0 Å². The third-order valence-corrected chi connectivity index (χ3v) is 4.00. The SMILES string of the molecule is CC(O)CCNC(C)C1CC2C=CC1C2. The third kappa shape index (κ3) is 2.61. The third-order valence-electron chi connectivity index (χ3n) is 4.00. The van der Waals surface area contributed by atoms with Gasteiger partial charge < -0.3 is 10.4 Å². The zero-order valence-electron chi connectivity index (χ0n) is 9.82. The van der Waals surface area contributed by atoms with Gasteiger partial charge in [-0.05, 0) is 57.4 Å². The van der Waals surface area contributed by atoms with Gasteiger partial charge in [0.15, 0.2) is 0 Å². The van der Waals surface area contributed by atoms with Gasteiger partial charge in [0.1, 0.15) is 0 Å². The lowest BCUT2D eigenvalue weighted by Crippen LogP contribution is -2.36. The molecule has 1 saturated carbocycles. The molecule has 15 heavy (non-hydrogen) atoms. The number of fused-ring (bicyclic) bond motifs is 2. The van der Waals surface area contributed by atoms with E-state index < -0.39 is 0 Å². The van der Waals surface area contributed by atoms with Gasteiger partial charge in [-0.1, -0.05) is 12.2 Å². The van der Waals surface area contributed by atoms with E-state index in [9.17, 15) is 5.11 Å². The quantitative estimate of drug-likeness (QED) is 0.678. The standard InChI is InChI=1S/C13H23NO/c1-9(15)5-6-14-10(2)13-8-11-3-4-12(13)7-11/h3-4,9-15H,5-8H2,1-2H3. The van der Waals surface area contributed by atoms with Gasteiger partial charge in [-0.3, -0.25) is 0 Å². The van der Waals surface area contributed by atoms with Gasteiger partial charge in [0.25, 0.3) is 0 Å². The Morgan fingerprint density at radius 3 is 2.67 bits per heavy atom. The van der Waals surface area contributed by atoms with Crippen molar-refractivity contribution in [3.63, 3.8) is 0 Å². The van der Waals surface area contributed by atoms with Gasteiger partial charge in [0.05, 0.1) is 6.10 Å². The minimum absolute atomic E-state index is 0.176. The zero-order chi connectivity index (χ0) is 10.8. The molecule has 0 heterocycles. The first-order valence-electron chi connectivity index (χ1n) is 6.26. The summed E-state index contributed by atoms with van der Waals surface area (Å²) in [5, 5.41) is 12.7. The molecule has 2 heteroatoms. The lowest BCUT2D eigenvalue weighted by Gasteiger charge is -2.26. The number of hydrogen-bond acceptors (Lipinski definition) is 2. The number of allylic oxidation sites excluding steroid dienone is 2. The summed E-state index contributed by atoms with van der Waals surface area (Å²) in [7, 11) is 0. The molecule has 0 aliphatic heterocycles. The van der Waals surface area contributed by atoms with E-state index in [2.05, 4.69) is 24.4 Å². The van der Waals surface area contributed by atoms with Crippen LogP contribution < -0.4 is 5.32 Å². The fourth-order valence-electron chi connectivity index (χ4n) is 3.07. The summed E-state index contributed by atoms with van der Waals surface area (Å²) in [4.78, 5) is 0. The first-order chi connectivity index (χ1) is 7.16. The van der Waals surface area contributed by atoms with Crippen LogP contribution in [-0.2, 0) is 0 Å². The van der Waals surface area contributed by atoms with E-state index in [0.717, 1.165) is 30.7 Å². The van der Waals surface area contributed by atoms with Gasteiger partial charge in [-0.25, -0.2) is 0 Å². The van der Waals surface area contributed by atoms with E-state index in [0.29, 0.717) is 6.04 Å². The number of hydrogen-bond donors (Lipinski definition) is 2. The summed E-state index contributed by atoms with van der Waals surface area (Å²) >= 11 is 0. The maximum Gasteiger partial charge on any atom is 0.0524 e. The maximum absolute atomic E-state index is 9.18. The molecule has 2 nitrogen and oxygen atoms in total. The largest absolute Gasteiger partial charge is 0.393 e. The summed E-state index contributed by atoms with van der Waals surface area (Å²) in [6, 6.07) is 0.601.